The van der Waals surface area contributed by atoms with Crippen LogP contribution in [0.1, 0.15) is 20.3 Å². The molecule has 17 heavy (non-hydrogen) atoms. The number of amides is 1. The highest BCUT2D eigenvalue weighted by Crippen LogP contribution is 2.18. The van der Waals surface area contributed by atoms with Crippen molar-refractivity contribution >= 4 is 23.6 Å². The molecule has 0 bridgehead atoms. The fourth-order valence-electron chi connectivity index (χ4n) is 1.89. The monoisotopic (exact) mass is 260 g/mol. The van der Waals surface area contributed by atoms with E-state index < -0.39 is 18.1 Å². The quantitative estimate of drug-likeness (QED) is 0.764. The number of nitrogens with zero attached hydrogens (tertiary/aromatic N) is 1. The van der Waals surface area contributed by atoms with Gasteiger partial charge in [-0.2, -0.15) is 11.8 Å². The van der Waals surface area contributed by atoms with Gasteiger partial charge in [0.15, 0.2) is 0 Å². The van der Waals surface area contributed by atoms with E-state index in [1.54, 1.807) is 11.8 Å². The standard InChI is InChI=1S/C11H20N2O3S/c1-7(2)5-8(12)10(14)13-3-4-17-6-9(13)11(15)16/h7-9H,3-6,12H2,1-2H3,(H,15,16). The normalized spacial score (nSPS) is 22.6. The number of thioether (sulfide) groups is 1. The summed E-state index contributed by atoms with van der Waals surface area (Å²) in [6.45, 7) is 4.47. The minimum atomic E-state index is -0.942. The molecule has 0 aromatic heterocycles. The number of hydrogen-bond acceptors (Lipinski definition) is 4. The van der Waals surface area contributed by atoms with Crippen LogP contribution >= 0.6 is 11.8 Å². The van der Waals surface area contributed by atoms with Gasteiger partial charge in [-0.15, -0.1) is 0 Å². The van der Waals surface area contributed by atoms with Gasteiger partial charge in [0, 0.05) is 18.1 Å². The molecular formula is C11H20N2O3S. The number of aliphatic carboxylic acids is 1. The van der Waals surface area contributed by atoms with Gasteiger partial charge >= 0.3 is 5.97 Å². The second kappa shape index (κ2) is 6.26. The first-order valence-electron chi connectivity index (χ1n) is 5.80. The van der Waals surface area contributed by atoms with Crippen molar-refractivity contribution in [2.24, 2.45) is 11.7 Å². The third-order valence-electron chi connectivity index (χ3n) is 2.74. The van der Waals surface area contributed by atoms with E-state index in [1.165, 1.54) is 4.90 Å². The van der Waals surface area contributed by atoms with Crippen LogP contribution in [0.5, 0.6) is 0 Å². The fourth-order valence-corrected chi connectivity index (χ4v) is 2.93. The first kappa shape index (κ1) is 14.3. The van der Waals surface area contributed by atoms with Gasteiger partial charge < -0.3 is 15.7 Å². The molecule has 0 aromatic carbocycles. The molecule has 0 aromatic rings. The van der Waals surface area contributed by atoms with E-state index in [4.69, 9.17) is 10.8 Å². The molecule has 2 unspecified atom stereocenters. The molecule has 1 saturated heterocycles. The molecule has 0 spiro atoms. The summed E-state index contributed by atoms with van der Waals surface area (Å²) in [4.78, 5) is 24.6. The Balaban J connectivity index is 2.67. The van der Waals surface area contributed by atoms with Crippen LogP contribution in [0.4, 0.5) is 0 Å². The van der Waals surface area contributed by atoms with Crippen LogP contribution < -0.4 is 5.73 Å². The van der Waals surface area contributed by atoms with Gasteiger partial charge in [-0.3, -0.25) is 4.79 Å². The molecule has 3 N–H and O–H groups in total. The summed E-state index contributed by atoms with van der Waals surface area (Å²) in [6.07, 6.45) is 0.592. The maximum Gasteiger partial charge on any atom is 0.327 e. The maximum absolute atomic E-state index is 12.1. The maximum atomic E-state index is 12.1. The zero-order valence-electron chi connectivity index (χ0n) is 10.3. The average Bonchev–Trinajstić information content (AvgIpc) is 2.27. The van der Waals surface area contributed by atoms with Crippen LogP contribution in [0.2, 0.25) is 0 Å². The lowest BCUT2D eigenvalue weighted by atomic mass is 10.0. The van der Waals surface area contributed by atoms with E-state index in [-0.39, 0.29) is 5.91 Å². The third-order valence-corrected chi connectivity index (χ3v) is 3.76. The number of carboxylic acids is 1. The van der Waals surface area contributed by atoms with Gasteiger partial charge in [0.05, 0.1) is 6.04 Å². The summed E-state index contributed by atoms with van der Waals surface area (Å²) in [7, 11) is 0. The van der Waals surface area contributed by atoms with Crippen molar-refractivity contribution < 1.29 is 14.7 Å². The molecule has 1 heterocycles. The zero-order valence-corrected chi connectivity index (χ0v) is 11.1. The zero-order chi connectivity index (χ0) is 13.0. The minimum absolute atomic E-state index is 0.230. The number of nitrogens with two attached hydrogens (primary N) is 1. The van der Waals surface area contributed by atoms with E-state index in [0.29, 0.717) is 24.6 Å². The lowest BCUT2D eigenvalue weighted by Crippen LogP contribution is -2.55. The van der Waals surface area contributed by atoms with Gasteiger partial charge in [0.1, 0.15) is 6.04 Å². The van der Waals surface area contributed by atoms with Crippen molar-refractivity contribution in [3.05, 3.63) is 0 Å². The van der Waals surface area contributed by atoms with Crippen LogP contribution in [0.3, 0.4) is 0 Å². The second-order valence-corrected chi connectivity index (χ2v) is 5.85. The van der Waals surface area contributed by atoms with Crippen LogP contribution in [0.25, 0.3) is 0 Å². The molecule has 1 rings (SSSR count). The number of hydrogen-bond donors (Lipinski definition) is 2. The van der Waals surface area contributed by atoms with Crippen molar-refractivity contribution in [1.82, 2.24) is 4.90 Å². The molecule has 1 amide bonds. The third kappa shape index (κ3) is 3.89. The van der Waals surface area contributed by atoms with E-state index in [0.717, 1.165) is 5.75 Å². The van der Waals surface area contributed by atoms with Gasteiger partial charge in [-0.1, -0.05) is 13.8 Å². The highest BCUT2D eigenvalue weighted by molar-refractivity contribution is 7.99. The van der Waals surface area contributed by atoms with Crippen molar-refractivity contribution in [3.63, 3.8) is 0 Å². The molecule has 2 atom stereocenters. The fraction of sp³-hybridized carbons (Fsp3) is 0.818. The Hall–Kier alpha value is -0.750. The SMILES string of the molecule is CC(C)CC(N)C(=O)N1CCSCC1C(=O)O. The van der Waals surface area contributed by atoms with E-state index in [2.05, 4.69) is 0 Å². The van der Waals surface area contributed by atoms with Crippen molar-refractivity contribution in [3.8, 4) is 0 Å². The number of carbonyl (C=O) groups is 2. The average molecular weight is 260 g/mol. The first-order chi connectivity index (χ1) is 7.93. The Labute approximate surface area is 106 Å². The van der Waals surface area contributed by atoms with Crippen LogP contribution in [-0.2, 0) is 9.59 Å². The van der Waals surface area contributed by atoms with Gasteiger partial charge in [-0.25, -0.2) is 4.79 Å². The molecule has 5 nitrogen and oxygen atoms in total. The molecule has 1 fully saturated rings. The van der Waals surface area contributed by atoms with Crippen molar-refractivity contribution in [1.29, 1.82) is 0 Å². The summed E-state index contributed by atoms with van der Waals surface area (Å²) in [5, 5.41) is 9.07. The highest BCUT2D eigenvalue weighted by Gasteiger charge is 2.34. The molecule has 0 radical (unpaired) electrons. The Morgan fingerprint density at radius 1 is 1.53 bits per heavy atom. The van der Waals surface area contributed by atoms with E-state index in [1.807, 2.05) is 13.8 Å². The van der Waals surface area contributed by atoms with Gasteiger partial charge in [0.25, 0.3) is 0 Å². The summed E-state index contributed by atoms with van der Waals surface area (Å²) < 4.78 is 0. The number of rotatable bonds is 4. The summed E-state index contributed by atoms with van der Waals surface area (Å²) in [5.41, 5.74) is 5.82. The first-order valence-corrected chi connectivity index (χ1v) is 6.95. The molecular weight excluding hydrogens is 240 g/mol. The number of carboxylic acid groups (broad SMARTS) is 1. The predicted octanol–water partition coefficient (Wildman–Crippen LogP) is 0.388. The highest BCUT2D eigenvalue weighted by atomic mass is 32.2. The van der Waals surface area contributed by atoms with E-state index in [9.17, 15) is 9.59 Å². The predicted molar refractivity (Wildman–Crippen MR) is 67.9 cm³/mol. The largest absolute Gasteiger partial charge is 0.480 e. The smallest absolute Gasteiger partial charge is 0.327 e. The molecule has 1 aliphatic rings. The second-order valence-electron chi connectivity index (χ2n) is 4.70. The molecule has 1 aliphatic heterocycles. The molecule has 6 heteroatoms. The van der Waals surface area contributed by atoms with Crippen LogP contribution in [-0.4, -0.2) is 52.0 Å². The van der Waals surface area contributed by atoms with Gasteiger partial charge in [-0.05, 0) is 12.3 Å². The molecule has 98 valence electrons. The van der Waals surface area contributed by atoms with Crippen molar-refractivity contribution in [2.75, 3.05) is 18.1 Å². The van der Waals surface area contributed by atoms with E-state index >= 15 is 0 Å². The Morgan fingerprint density at radius 2 is 2.18 bits per heavy atom. The van der Waals surface area contributed by atoms with Gasteiger partial charge in [0.2, 0.25) is 5.91 Å². The molecule has 0 saturated carbocycles. The van der Waals surface area contributed by atoms with Crippen LogP contribution in [0.15, 0.2) is 0 Å². The Morgan fingerprint density at radius 3 is 2.71 bits per heavy atom. The Bertz CT molecular complexity index is 296. The Kier molecular flexibility index (Phi) is 5.27. The van der Waals surface area contributed by atoms with Crippen LogP contribution in [0, 0.1) is 5.92 Å². The molecule has 0 aliphatic carbocycles. The topological polar surface area (TPSA) is 83.6 Å². The summed E-state index contributed by atoms with van der Waals surface area (Å²) in [5.74, 6) is 0.393. The lowest BCUT2D eigenvalue weighted by molar-refractivity contribution is -0.149. The minimum Gasteiger partial charge on any atom is -0.480 e. The number of carbonyl (C=O) groups excluding carboxylic acids is 1. The summed E-state index contributed by atoms with van der Waals surface area (Å²) in [6, 6.07) is -1.31. The summed E-state index contributed by atoms with van der Waals surface area (Å²) >= 11 is 1.56. The lowest BCUT2D eigenvalue weighted by Gasteiger charge is -2.34. The van der Waals surface area contributed by atoms with Crippen molar-refractivity contribution in [2.45, 2.75) is 32.4 Å².